The molecule has 106 valence electrons. The molecule has 5 rings (SSSR count). The molecule has 1 aliphatic carbocycles. The van der Waals surface area contributed by atoms with E-state index < -0.39 is 0 Å². The fourth-order valence-corrected chi connectivity index (χ4v) is 3.87. The SMILES string of the molecule is C1=Cc2c(c3c(c4ccccc24)Cc2ccccc2C3)OC1. The Bertz CT molecular complexity index is 934. The summed E-state index contributed by atoms with van der Waals surface area (Å²) in [6.07, 6.45) is 6.32. The van der Waals surface area contributed by atoms with Gasteiger partial charge in [0.15, 0.2) is 0 Å². The van der Waals surface area contributed by atoms with Gasteiger partial charge in [-0.1, -0.05) is 54.6 Å². The fourth-order valence-electron chi connectivity index (χ4n) is 3.87. The molecule has 0 unspecified atom stereocenters. The van der Waals surface area contributed by atoms with Crippen molar-refractivity contribution in [3.05, 3.63) is 82.4 Å². The predicted molar refractivity (Wildman–Crippen MR) is 90.5 cm³/mol. The molecule has 0 saturated carbocycles. The van der Waals surface area contributed by atoms with Crippen molar-refractivity contribution in [2.45, 2.75) is 12.8 Å². The van der Waals surface area contributed by atoms with Crippen molar-refractivity contribution >= 4 is 16.8 Å². The summed E-state index contributed by atoms with van der Waals surface area (Å²) in [5, 5.41) is 2.69. The van der Waals surface area contributed by atoms with Crippen LogP contribution < -0.4 is 4.74 Å². The standard InChI is InChI=1S/C21H16O/c1-2-7-15-13-20-19(12-14(15)6-1)17-9-4-3-8-16(17)18-10-5-11-22-21(18)20/h1-10H,11-13H2. The summed E-state index contributed by atoms with van der Waals surface area (Å²) in [6, 6.07) is 17.5. The molecule has 1 heterocycles. The quantitative estimate of drug-likeness (QED) is 0.453. The first kappa shape index (κ1) is 12.0. The Morgan fingerprint density at radius 3 is 2.23 bits per heavy atom. The van der Waals surface area contributed by atoms with Gasteiger partial charge in [0.25, 0.3) is 0 Å². The minimum Gasteiger partial charge on any atom is -0.489 e. The zero-order valence-electron chi connectivity index (χ0n) is 12.3. The van der Waals surface area contributed by atoms with E-state index in [1.807, 2.05) is 0 Å². The zero-order valence-corrected chi connectivity index (χ0v) is 12.3. The van der Waals surface area contributed by atoms with E-state index >= 15 is 0 Å². The predicted octanol–water partition coefficient (Wildman–Crippen LogP) is 4.74. The highest BCUT2D eigenvalue weighted by Gasteiger charge is 2.24. The second-order valence-corrected chi connectivity index (χ2v) is 6.08. The molecule has 0 amide bonds. The first-order valence-corrected chi connectivity index (χ1v) is 7.84. The normalized spacial score (nSPS) is 14.9. The van der Waals surface area contributed by atoms with E-state index in [0.717, 1.165) is 18.6 Å². The van der Waals surface area contributed by atoms with Gasteiger partial charge in [0, 0.05) is 17.5 Å². The summed E-state index contributed by atoms with van der Waals surface area (Å²) in [6.45, 7) is 0.680. The Hall–Kier alpha value is -2.54. The third-order valence-electron chi connectivity index (χ3n) is 4.89. The van der Waals surface area contributed by atoms with Crippen LogP contribution in [0, 0.1) is 0 Å². The lowest BCUT2D eigenvalue weighted by Gasteiger charge is -2.27. The van der Waals surface area contributed by atoms with Crippen LogP contribution in [0.2, 0.25) is 0 Å². The Labute approximate surface area is 129 Å². The molecular formula is C21H16O. The highest BCUT2D eigenvalue weighted by atomic mass is 16.5. The summed E-state index contributed by atoms with van der Waals surface area (Å²) in [7, 11) is 0. The maximum absolute atomic E-state index is 6.06. The van der Waals surface area contributed by atoms with Gasteiger partial charge in [-0.15, -0.1) is 0 Å². The van der Waals surface area contributed by atoms with Crippen LogP contribution in [0.25, 0.3) is 16.8 Å². The van der Waals surface area contributed by atoms with Gasteiger partial charge in [0.1, 0.15) is 12.4 Å². The van der Waals surface area contributed by atoms with Crippen LogP contribution in [0.4, 0.5) is 0 Å². The van der Waals surface area contributed by atoms with Crippen LogP contribution in [-0.2, 0) is 12.8 Å². The summed E-state index contributed by atoms with van der Waals surface area (Å²) in [5.74, 6) is 1.10. The highest BCUT2D eigenvalue weighted by molar-refractivity contribution is 5.98. The molecule has 22 heavy (non-hydrogen) atoms. The molecule has 0 aromatic heterocycles. The molecule has 0 bridgehead atoms. The van der Waals surface area contributed by atoms with Gasteiger partial charge < -0.3 is 4.74 Å². The maximum Gasteiger partial charge on any atom is 0.131 e. The van der Waals surface area contributed by atoms with Crippen molar-refractivity contribution in [2.75, 3.05) is 6.61 Å². The highest BCUT2D eigenvalue weighted by Crippen LogP contribution is 2.43. The van der Waals surface area contributed by atoms with E-state index in [0.29, 0.717) is 6.61 Å². The van der Waals surface area contributed by atoms with E-state index in [4.69, 9.17) is 4.74 Å². The molecule has 3 aromatic carbocycles. The third kappa shape index (κ3) is 1.59. The minimum atomic E-state index is 0.680. The van der Waals surface area contributed by atoms with Crippen molar-refractivity contribution in [3.63, 3.8) is 0 Å². The molecule has 1 aliphatic heterocycles. The summed E-state index contributed by atoms with van der Waals surface area (Å²) < 4.78 is 6.06. The van der Waals surface area contributed by atoms with E-state index in [1.165, 1.54) is 38.6 Å². The van der Waals surface area contributed by atoms with E-state index in [1.54, 1.807) is 0 Å². The van der Waals surface area contributed by atoms with Crippen molar-refractivity contribution in [1.82, 2.24) is 0 Å². The molecule has 0 radical (unpaired) electrons. The largest absolute Gasteiger partial charge is 0.489 e. The zero-order chi connectivity index (χ0) is 14.5. The third-order valence-corrected chi connectivity index (χ3v) is 4.89. The molecule has 3 aromatic rings. The smallest absolute Gasteiger partial charge is 0.131 e. The Morgan fingerprint density at radius 2 is 1.41 bits per heavy atom. The average molecular weight is 284 g/mol. The lowest BCUT2D eigenvalue weighted by molar-refractivity contribution is 0.355. The molecule has 2 aliphatic rings. The second-order valence-electron chi connectivity index (χ2n) is 6.08. The monoisotopic (exact) mass is 284 g/mol. The Balaban J connectivity index is 1.87. The van der Waals surface area contributed by atoms with Crippen molar-refractivity contribution in [2.24, 2.45) is 0 Å². The van der Waals surface area contributed by atoms with Gasteiger partial charge in [0.2, 0.25) is 0 Å². The first-order chi connectivity index (χ1) is 10.9. The number of benzene rings is 3. The molecule has 0 spiro atoms. The van der Waals surface area contributed by atoms with Crippen LogP contribution in [0.3, 0.4) is 0 Å². The molecule has 0 saturated heterocycles. The van der Waals surface area contributed by atoms with Gasteiger partial charge in [0.05, 0.1) is 0 Å². The van der Waals surface area contributed by atoms with Gasteiger partial charge >= 0.3 is 0 Å². The van der Waals surface area contributed by atoms with E-state index in [-0.39, 0.29) is 0 Å². The molecule has 1 heteroatoms. The van der Waals surface area contributed by atoms with Crippen molar-refractivity contribution in [3.8, 4) is 5.75 Å². The van der Waals surface area contributed by atoms with Crippen LogP contribution in [0.1, 0.15) is 27.8 Å². The number of fused-ring (bicyclic) bond motifs is 7. The fraction of sp³-hybridized carbons (Fsp3) is 0.143. The Morgan fingerprint density at radius 1 is 0.727 bits per heavy atom. The van der Waals surface area contributed by atoms with Crippen LogP contribution in [0.15, 0.2) is 54.6 Å². The summed E-state index contributed by atoms with van der Waals surface area (Å²) in [5.41, 5.74) is 6.97. The van der Waals surface area contributed by atoms with Gasteiger partial charge in [-0.3, -0.25) is 0 Å². The minimum absolute atomic E-state index is 0.680. The van der Waals surface area contributed by atoms with Crippen molar-refractivity contribution < 1.29 is 4.74 Å². The lowest BCUT2D eigenvalue weighted by atomic mass is 9.81. The van der Waals surface area contributed by atoms with Gasteiger partial charge in [-0.05, 0) is 40.0 Å². The molecular weight excluding hydrogens is 268 g/mol. The topological polar surface area (TPSA) is 9.23 Å². The van der Waals surface area contributed by atoms with E-state index in [9.17, 15) is 0 Å². The molecule has 0 fully saturated rings. The van der Waals surface area contributed by atoms with Crippen LogP contribution in [-0.4, -0.2) is 6.61 Å². The Kier molecular flexibility index (Phi) is 2.45. The number of rotatable bonds is 0. The summed E-state index contributed by atoms with van der Waals surface area (Å²) in [4.78, 5) is 0. The maximum atomic E-state index is 6.06. The lowest BCUT2D eigenvalue weighted by Crippen LogP contribution is -2.13. The van der Waals surface area contributed by atoms with Crippen LogP contribution >= 0.6 is 0 Å². The van der Waals surface area contributed by atoms with Crippen LogP contribution in [0.5, 0.6) is 5.75 Å². The van der Waals surface area contributed by atoms with Crippen molar-refractivity contribution in [1.29, 1.82) is 0 Å². The van der Waals surface area contributed by atoms with Gasteiger partial charge in [-0.25, -0.2) is 0 Å². The van der Waals surface area contributed by atoms with E-state index in [2.05, 4.69) is 60.7 Å². The molecule has 0 atom stereocenters. The number of hydrogen-bond donors (Lipinski definition) is 0. The van der Waals surface area contributed by atoms with Gasteiger partial charge in [-0.2, -0.15) is 0 Å². The number of ether oxygens (including phenoxy) is 1. The number of hydrogen-bond acceptors (Lipinski definition) is 1. The first-order valence-electron chi connectivity index (χ1n) is 7.84. The summed E-state index contributed by atoms with van der Waals surface area (Å²) >= 11 is 0. The molecule has 0 N–H and O–H groups in total. The second kappa shape index (κ2) is 4.48. The average Bonchev–Trinajstić information content (AvgIpc) is 2.61. The molecule has 1 nitrogen and oxygen atoms in total.